The number of carbonyl (C=O) groups is 1. The van der Waals surface area contributed by atoms with Crippen molar-refractivity contribution in [2.75, 3.05) is 6.61 Å². The molecule has 1 aromatic rings. The van der Waals surface area contributed by atoms with Crippen LogP contribution in [0.5, 0.6) is 0 Å². The van der Waals surface area contributed by atoms with Gasteiger partial charge in [0.2, 0.25) is 0 Å². The molecule has 0 aliphatic heterocycles. The van der Waals surface area contributed by atoms with Gasteiger partial charge in [-0.1, -0.05) is 18.2 Å². The molecule has 0 bridgehead atoms. The quantitative estimate of drug-likeness (QED) is 0.657. The number of benzene rings is 1. The van der Waals surface area contributed by atoms with Crippen molar-refractivity contribution in [1.82, 2.24) is 0 Å². The molecule has 18 heavy (non-hydrogen) atoms. The molecule has 2 unspecified atom stereocenters. The Morgan fingerprint density at radius 1 is 1.67 bits per heavy atom. The Kier molecular flexibility index (Phi) is 3.48. The van der Waals surface area contributed by atoms with Crippen LogP contribution in [0.4, 0.5) is 4.39 Å². The van der Waals surface area contributed by atoms with Crippen LogP contribution < -0.4 is 5.73 Å². The fourth-order valence-electron chi connectivity index (χ4n) is 2.41. The summed E-state index contributed by atoms with van der Waals surface area (Å²) in [6.45, 7) is 5.94. The van der Waals surface area contributed by atoms with Gasteiger partial charge in [-0.15, -0.1) is 0 Å². The highest BCUT2D eigenvalue weighted by Gasteiger charge is 2.35. The zero-order valence-electron chi connectivity index (χ0n) is 10.3. The van der Waals surface area contributed by atoms with E-state index in [1.54, 1.807) is 13.0 Å². The van der Waals surface area contributed by atoms with E-state index in [4.69, 9.17) is 10.5 Å². The van der Waals surface area contributed by atoms with E-state index in [-0.39, 0.29) is 18.3 Å². The number of hydrogen-bond acceptors (Lipinski definition) is 3. The summed E-state index contributed by atoms with van der Waals surface area (Å²) in [6, 6.07) is 3.73. The van der Waals surface area contributed by atoms with E-state index < -0.39 is 12.0 Å². The van der Waals surface area contributed by atoms with Crippen molar-refractivity contribution in [3.05, 3.63) is 47.3 Å². The SMILES string of the molecule is C=C1Cc2ccc(F)cc2C1C(N)C(=O)OCC. The molecule has 1 aliphatic carbocycles. The average molecular weight is 249 g/mol. The minimum atomic E-state index is -0.819. The van der Waals surface area contributed by atoms with Crippen LogP contribution in [-0.2, 0) is 16.0 Å². The van der Waals surface area contributed by atoms with Gasteiger partial charge in [0, 0.05) is 5.92 Å². The lowest BCUT2D eigenvalue weighted by Gasteiger charge is -2.19. The van der Waals surface area contributed by atoms with Crippen LogP contribution in [0.3, 0.4) is 0 Å². The van der Waals surface area contributed by atoms with Crippen LogP contribution in [0.1, 0.15) is 24.0 Å². The smallest absolute Gasteiger partial charge is 0.323 e. The van der Waals surface area contributed by atoms with Gasteiger partial charge in [0.05, 0.1) is 6.61 Å². The van der Waals surface area contributed by atoms with Gasteiger partial charge in [-0.05, 0) is 36.6 Å². The number of nitrogens with two attached hydrogens (primary N) is 1. The number of rotatable bonds is 3. The Bertz CT molecular complexity index is 499. The van der Waals surface area contributed by atoms with Crippen molar-refractivity contribution in [1.29, 1.82) is 0 Å². The predicted octanol–water partition coefficient (Wildman–Crippen LogP) is 1.91. The molecule has 2 N–H and O–H groups in total. The third kappa shape index (κ3) is 2.16. The minimum Gasteiger partial charge on any atom is -0.465 e. The molecular weight excluding hydrogens is 233 g/mol. The molecular formula is C14H16FNO2. The molecule has 4 heteroatoms. The molecule has 0 fully saturated rings. The summed E-state index contributed by atoms with van der Waals surface area (Å²) in [5.74, 6) is -1.15. The number of ether oxygens (including phenoxy) is 1. The molecule has 0 spiro atoms. The van der Waals surface area contributed by atoms with Crippen LogP contribution in [-0.4, -0.2) is 18.6 Å². The maximum Gasteiger partial charge on any atom is 0.323 e. The van der Waals surface area contributed by atoms with E-state index in [1.165, 1.54) is 12.1 Å². The van der Waals surface area contributed by atoms with Gasteiger partial charge in [-0.25, -0.2) is 4.39 Å². The lowest BCUT2D eigenvalue weighted by Crippen LogP contribution is -2.38. The molecule has 96 valence electrons. The summed E-state index contributed by atoms with van der Waals surface area (Å²) in [4.78, 5) is 11.7. The minimum absolute atomic E-state index is 0.280. The second-order valence-corrected chi connectivity index (χ2v) is 4.43. The second-order valence-electron chi connectivity index (χ2n) is 4.43. The Morgan fingerprint density at radius 2 is 2.39 bits per heavy atom. The van der Waals surface area contributed by atoms with Crippen molar-refractivity contribution in [2.45, 2.75) is 25.3 Å². The van der Waals surface area contributed by atoms with Gasteiger partial charge in [-0.2, -0.15) is 0 Å². The van der Waals surface area contributed by atoms with E-state index >= 15 is 0 Å². The van der Waals surface area contributed by atoms with Crippen molar-refractivity contribution in [3.8, 4) is 0 Å². The molecule has 3 nitrogen and oxygen atoms in total. The van der Waals surface area contributed by atoms with Crippen molar-refractivity contribution in [2.24, 2.45) is 5.73 Å². The second kappa shape index (κ2) is 4.90. The molecule has 0 radical (unpaired) electrons. The summed E-state index contributed by atoms with van der Waals surface area (Å²) in [6.07, 6.45) is 0.632. The monoisotopic (exact) mass is 249 g/mol. The first kappa shape index (κ1) is 12.8. The molecule has 0 aromatic heterocycles. The summed E-state index contributed by atoms with van der Waals surface area (Å²) in [7, 11) is 0. The molecule has 0 saturated heterocycles. The fraction of sp³-hybridized carbons (Fsp3) is 0.357. The van der Waals surface area contributed by atoms with Gasteiger partial charge in [0.15, 0.2) is 0 Å². The first-order valence-electron chi connectivity index (χ1n) is 5.92. The van der Waals surface area contributed by atoms with Gasteiger partial charge in [0.25, 0.3) is 0 Å². The maximum atomic E-state index is 13.3. The molecule has 2 atom stereocenters. The van der Waals surface area contributed by atoms with Gasteiger partial charge in [0.1, 0.15) is 11.9 Å². The van der Waals surface area contributed by atoms with Crippen LogP contribution in [0.2, 0.25) is 0 Å². The van der Waals surface area contributed by atoms with Crippen molar-refractivity contribution in [3.63, 3.8) is 0 Å². The number of hydrogen-bond donors (Lipinski definition) is 1. The molecule has 0 saturated carbocycles. The van der Waals surface area contributed by atoms with E-state index in [1.807, 2.05) is 0 Å². The Morgan fingerprint density at radius 3 is 3.06 bits per heavy atom. The number of carbonyl (C=O) groups excluding carboxylic acids is 1. The Hall–Kier alpha value is -1.68. The van der Waals surface area contributed by atoms with E-state index in [0.717, 1.165) is 16.7 Å². The molecule has 0 amide bonds. The van der Waals surface area contributed by atoms with E-state index in [0.29, 0.717) is 6.42 Å². The highest BCUT2D eigenvalue weighted by Crippen LogP contribution is 2.38. The van der Waals surface area contributed by atoms with E-state index in [9.17, 15) is 9.18 Å². The van der Waals surface area contributed by atoms with Crippen LogP contribution in [0.15, 0.2) is 30.4 Å². The Labute approximate surface area is 105 Å². The maximum absolute atomic E-state index is 13.3. The molecule has 1 aromatic carbocycles. The van der Waals surface area contributed by atoms with Gasteiger partial charge < -0.3 is 10.5 Å². The topological polar surface area (TPSA) is 52.3 Å². The van der Waals surface area contributed by atoms with E-state index in [2.05, 4.69) is 6.58 Å². The summed E-state index contributed by atoms with van der Waals surface area (Å²) >= 11 is 0. The third-order valence-electron chi connectivity index (χ3n) is 3.22. The molecule has 2 rings (SSSR count). The largest absolute Gasteiger partial charge is 0.465 e. The number of halogens is 1. The lowest BCUT2D eigenvalue weighted by atomic mass is 9.91. The molecule has 1 aliphatic rings. The zero-order chi connectivity index (χ0) is 13.3. The summed E-state index contributed by atoms with van der Waals surface area (Å²) in [5.41, 5.74) is 8.46. The first-order chi connectivity index (χ1) is 8.54. The van der Waals surface area contributed by atoms with Crippen LogP contribution >= 0.6 is 0 Å². The van der Waals surface area contributed by atoms with Crippen LogP contribution in [0, 0.1) is 5.82 Å². The van der Waals surface area contributed by atoms with Gasteiger partial charge >= 0.3 is 5.97 Å². The standard InChI is InChI=1S/C14H16FNO2/c1-3-18-14(17)13(16)12-8(2)6-9-4-5-10(15)7-11(9)12/h4-5,7,12-13H,2-3,6,16H2,1H3. The predicted molar refractivity (Wildman–Crippen MR) is 66.6 cm³/mol. The average Bonchev–Trinajstić information content (AvgIpc) is 2.64. The highest BCUT2D eigenvalue weighted by atomic mass is 19.1. The van der Waals surface area contributed by atoms with Gasteiger partial charge in [-0.3, -0.25) is 4.79 Å². The highest BCUT2D eigenvalue weighted by molar-refractivity contribution is 5.78. The normalized spacial score (nSPS) is 19.5. The van der Waals surface area contributed by atoms with Crippen molar-refractivity contribution >= 4 is 5.97 Å². The third-order valence-corrected chi connectivity index (χ3v) is 3.22. The fourth-order valence-corrected chi connectivity index (χ4v) is 2.41. The zero-order valence-corrected chi connectivity index (χ0v) is 10.3. The van der Waals surface area contributed by atoms with Crippen molar-refractivity contribution < 1.29 is 13.9 Å². The summed E-state index contributed by atoms with van der Waals surface area (Å²) < 4.78 is 18.2. The lowest BCUT2D eigenvalue weighted by molar-refractivity contribution is -0.145. The Balaban J connectivity index is 2.32. The number of esters is 1. The first-order valence-corrected chi connectivity index (χ1v) is 5.92. The number of fused-ring (bicyclic) bond motifs is 1. The molecule has 0 heterocycles. The summed E-state index contributed by atoms with van der Waals surface area (Å²) in [5, 5.41) is 0. The van der Waals surface area contributed by atoms with Crippen LogP contribution in [0.25, 0.3) is 0 Å².